The van der Waals surface area contributed by atoms with E-state index in [9.17, 15) is 9.50 Å². The van der Waals surface area contributed by atoms with E-state index in [0.29, 0.717) is 11.3 Å². The zero-order valence-corrected chi connectivity index (χ0v) is 16.5. The van der Waals surface area contributed by atoms with E-state index in [1.807, 2.05) is 18.2 Å². The molecule has 0 amide bonds. The summed E-state index contributed by atoms with van der Waals surface area (Å²) in [4.78, 5) is 9.10. The molecule has 5 heteroatoms. The Hall–Kier alpha value is -3.05. The lowest BCUT2D eigenvalue weighted by Gasteiger charge is -2.07. The third-order valence-corrected chi connectivity index (χ3v) is 4.45. The molecule has 3 aromatic rings. The van der Waals surface area contributed by atoms with Crippen LogP contribution in [0.4, 0.5) is 4.39 Å². The SMILES string of the molecule is C=CCOc1ccc(-c2cnc3cc(C=CCCCC(C)O)ccc3n2)cc1F. The number of aliphatic hydroxyl groups is 1. The van der Waals surface area contributed by atoms with Crippen molar-refractivity contribution in [2.45, 2.75) is 32.3 Å². The van der Waals surface area contributed by atoms with E-state index < -0.39 is 5.82 Å². The van der Waals surface area contributed by atoms with Crippen molar-refractivity contribution in [1.29, 1.82) is 0 Å². The first-order valence-corrected chi connectivity index (χ1v) is 9.72. The van der Waals surface area contributed by atoms with Crippen molar-refractivity contribution < 1.29 is 14.2 Å². The number of allylic oxidation sites excluding steroid dienone is 1. The average Bonchev–Trinajstić information content (AvgIpc) is 2.72. The molecular weight excluding hydrogens is 367 g/mol. The molecule has 4 nitrogen and oxygen atoms in total. The van der Waals surface area contributed by atoms with Crippen molar-refractivity contribution in [2.75, 3.05) is 6.61 Å². The molecule has 0 spiro atoms. The summed E-state index contributed by atoms with van der Waals surface area (Å²) in [6, 6.07) is 10.6. The predicted octanol–water partition coefficient (Wildman–Crippen LogP) is 5.57. The Morgan fingerprint density at radius 3 is 2.83 bits per heavy atom. The van der Waals surface area contributed by atoms with Gasteiger partial charge >= 0.3 is 0 Å². The maximum Gasteiger partial charge on any atom is 0.165 e. The monoisotopic (exact) mass is 392 g/mol. The summed E-state index contributed by atoms with van der Waals surface area (Å²) in [6.45, 7) is 5.62. The number of unbranched alkanes of at least 4 members (excludes halogenated alkanes) is 1. The van der Waals surface area contributed by atoms with Crippen LogP contribution < -0.4 is 4.74 Å². The van der Waals surface area contributed by atoms with Gasteiger partial charge in [0.05, 0.1) is 29.0 Å². The van der Waals surface area contributed by atoms with Crippen LogP contribution >= 0.6 is 0 Å². The number of hydrogen-bond donors (Lipinski definition) is 1. The second-order valence-electron chi connectivity index (χ2n) is 6.93. The third kappa shape index (κ3) is 5.72. The largest absolute Gasteiger partial charge is 0.486 e. The van der Waals surface area contributed by atoms with Crippen LogP contribution in [-0.2, 0) is 0 Å². The van der Waals surface area contributed by atoms with Crippen molar-refractivity contribution in [2.24, 2.45) is 0 Å². The Morgan fingerprint density at radius 1 is 1.21 bits per heavy atom. The summed E-state index contributed by atoms with van der Waals surface area (Å²) in [5.41, 5.74) is 3.83. The molecule has 0 aliphatic heterocycles. The Kier molecular flexibility index (Phi) is 7.09. The van der Waals surface area contributed by atoms with Gasteiger partial charge in [-0.1, -0.05) is 30.9 Å². The number of nitrogens with zero attached hydrogens (tertiary/aromatic N) is 2. The summed E-state index contributed by atoms with van der Waals surface area (Å²) >= 11 is 0. The van der Waals surface area contributed by atoms with Crippen molar-refractivity contribution in [3.63, 3.8) is 0 Å². The fourth-order valence-corrected chi connectivity index (χ4v) is 2.95. The topological polar surface area (TPSA) is 55.2 Å². The van der Waals surface area contributed by atoms with Gasteiger partial charge in [-0.25, -0.2) is 9.37 Å². The summed E-state index contributed by atoms with van der Waals surface area (Å²) in [5, 5.41) is 9.29. The highest BCUT2D eigenvalue weighted by molar-refractivity contribution is 5.79. The van der Waals surface area contributed by atoms with Crippen LogP contribution in [0, 0.1) is 5.82 Å². The van der Waals surface area contributed by atoms with Crippen molar-refractivity contribution >= 4 is 17.1 Å². The van der Waals surface area contributed by atoms with Gasteiger partial charge in [-0.15, -0.1) is 0 Å². The predicted molar refractivity (Wildman–Crippen MR) is 115 cm³/mol. The van der Waals surface area contributed by atoms with E-state index in [1.54, 1.807) is 31.3 Å². The molecule has 1 aromatic heterocycles. The molecule has 0 radical (unpaired) electrons. The van der Waals surface area contributed by atoms with Gasteiger partial charge in [0.1, 0.15) is 6.61 Å². The molecule has 0 fully saturated rings. The highest BCUT2D eigenvalue weighted by Gasteiger charge is 2.08. The second-order valence-corrected chi connectivity index (χ2v) is 6.93. The van der Waals surface area contributed by atoms with Crippen LogP contribution in [0.2, 0.25) is 0 Å². The number of hydrogen-bond acceptors (Lipinski definition) is 4. The fourth-order valence-electron chi connectivity index (χ4n) is 2.95. The lowest BCUT2D eigenvalue weighted by atomic mass is 10.1. The first-order chi connectivity index (χ1) is 14.1. The molecule has 1 unspecified atom stereocenters. The van der Waals surface area contributed by atoms with E-state index in [0.717, 1.165) is 35.9 Å². The highest BCUT2D eigenvalue weighted by Crippen LogP contribution is 2.25. The Balaban J connectivity index is 1.74. The van der Waals surface area contributed by atoms with Gasteiger partial charge in [-0.05, 0) is 62.1 Å². The molecule has 0 aliphatic carbocycles. The van der Waals surface area contributed by atoms with E-state index in [4.69, 9.17) is 4.74 Å². The quantitative estimate of drug-likeness (QED) is 0.382. The standard InChI is InChI=1S/C24H25FN2O2/c1-3-13-29-24-12-10-19(15-20(24)25)23-16-26-22-14-18(9-11-21(22)27-23)8-6-4-5-7-17(2)28/h3,6,8-12,14-17,28H,1,4-5,7,13H2,2H3. The number of halogens is 1. The second kappa shape index (κ2) is 9.94. The molecule has 1 N–H and O–H groups in total. The highest BCUT2D eigenvalue weighted by atomic mass is 19.1. The average molecular weight is 392 g/mol. The van der Waals surface area contributed by atoms with Gasteiger partial charge in [0.15, 0.2) is 11.6 Å². The van der Waals surface area contributed by atoms with E-state index in [-0.39, 0.29) is 18.5 Å². The first-order valence-electron chi connectivity index (χ1n) is 9.72. The Morgan fingerprint density at radius 2 is 2.07 bits per heavy atom. The smallest absolute Gasteiger partial charge is 0.165 e. The normalized spacial score (nSPS) is 12.4. The van der Waals surface area contributed by atoms with E-state index in [2.05, 4.69) is 28.7 Å². The molecule has 1 heterocycles. The fraction of sp³-hybridized carbons (Fsp3) is 0.250. The first kappa shape index (κ1) is 20.7. The van der Waals surface area contributed by atoms with Gasteiger partial charge in [0.2, 0.25) is 0 Å². The summed E-state index contributed by atoms with van der Waals surface area (Å²) < 4.78 is 19.5. The summed E-state index contributed by atoms with van der Waals surface area (Å²) in [5.74, 6) is -0.255. The molecule has 0 saturated carbocycles. The third-order valence-electron chi connectivity index (χ3n) is 4.45. The van der Waals surface area contributed by atoms with Crippen molar-refractivity contribution in [1.82, 2.24) is 9.97 Å². The molecule has 2 aromatic carbocycles. The number of aromatic nitrogens is 2. The molecule has 0 saturated heterocycles. The minimum atomic E-state index is -0.442. The van der Waals surface area contributed by atoms with Crippen LogP contribution in [0.1, 0.15) is 31.7 Å². The van der Waals surface area contributed by atoms with E-state index >= 15 is 0 Å². The van der Waals surface area contributed by atoms with Crippen LogP contribution in [0.3, 0.4) is 0 Å². The molecule has 0 aliphatic rings. The number of fused-ring (bicyclic) bond motifs is 1. The lowest BCUT2D eigenvalue weighted by molar-refractivity contribution is 0.182. The molecule has 3 rings (SSSR count). The molecule has 29 heavy (non-hydrogen) atoms. The number of benzene rings is 2. The molecule has 150 valence electrons. The van der Waals surface area contributed by atoms with Crippen LogP contribution in [0.15, 0.2) is 61.3 Å². The summed E-state index contributed by atoms with van der Waals surface area (Å²) in [7, 11) is 0. The zero-order chi connectivity index (χ0) is 20.6. The van der Waals surface area contributed by atoms with Crippen LogP contribution in [0.25, 0.3) is 28.4 Å². The molecule has 1 atom stereocenters. The van der Waals surface area contributed by atoms with E-state index in [1.165, 1.54) is 6.07 Å². The van der Waals surface area contributed by atoms with Crippen molar-refractivity contribution in [3.05, 3.63) is 72.7 Å². The van der Waals surface area contributed by atoms with Crippen LogP contribution in [0.5, 0.6) is 5.75 Å². The van der Waals surface area contributed by atoms with Crippen LogP contribution in [-0.4, -0.2) is 27.8 Å². The van der Waals surface area contributed by atoms with Crippen molar-refractivity contribution in [3.8, 4) is 17.0 Å². The molecular formula is C24H25FN2O2. The van der Waals surface area contributed by atoms with Gasteiger partial charge < -0.3 is 9.84 Å². The Bertz CT molecular complexity index is 1010. The number of rotatable bonds is 9. The van der Waals surface area contributed by atoms with Gasteiger partial charge in [0, 0.05) is 5.56 Å². The zero-order valence-electron chi connectivity index (χ0n) is 16.5. The summed E-state index contributed by atoms with van der Waals surface area (Å²) in [6.07, 6.45) is 9.80. The minimum absolute atomic E-state index is 0.187. The number of aliphatic hydroxyl groups excluding tert-OH is 1. The maximum atomic E-state index is 14.2. The van der Waals surface area contributed by atoms with Gasteiger partial charge in [0.25, 0.3) is 0 Å². The molecule has 0 bridgehead atoms. The van der Waals surface area contributed by atoms with Gasteiger partial charge in [-0.3, -0.25) is 4.98 Å². The maximum absolute atomic E-state index is 14.2. The lowest BCUT2D eigenvalue weighted by Crippen LogP contribution is -1.97. The number of ether oxygens (including phenoxy) is 1. The minimum Gasteiger partial charge on any atom is -0.486 e. The van der Waals surface area contributed by atoms with Gasteiger partial charge in [-0.2, -0.15) is 0 Å². The Labute approximate surface area is 170 Å².